The molecule has 0 aromatic heterocycles. The minimum atomic E-state index is -3.98. The van der Waals surface area contributed by atoms with Crippen molar-refractivity contribution in [1.29, 1.82) is 0 Å². The number of esters is 1. The van der Waals surface area contributed by atoms with Crippen LogP contribution in [0.3, 0.4) is 0 Å². The Balaban J connectivity index is 1.51. The average molecular weight is 490 g/mol. The van der Waals surface area contributed by atoms with Crippen molar-refractivity contribution in [2.45, 2.75) is 18.1 Å². The van der Waals surface area contributed by atoms with Crippen LogP contribution in [0.4, 0.5) is 5.69 Å². The van der Waals surface area contributed by atoms with E-state index in [0.717, 1.165) is 5.56 Å². The number of hydrogen-bond donors (Lipinski definition) is 1. The van der Waals surface area contributed by atoms with Gasteiger partial charge in [0, 0.05) is 16.1 Å². The molecule has 0 saturated heterocycles. The van der Waals surface area contributed by atoms with E-state index < -0.39 is 16.0 Å². The van der Waals surface area contributed by atoms with Crippen LogP contribution in [0.5, 0.6) is 11.5 Å². The highest BCUT2D eigenvalue weighted by molar-refractivity contribution is 7.92. The zero-order valence-corrected chi connectivity index (χ0v) is 19.1. The second-order valence-electron chi connectivity index (χ2n) is 7.07. The van der Waals surface area contributed by atoms with Crippen molar-refractivity contribution in [3.8, 4) is 11.5 Å². The van der Waals surface area contributed by atoms with Gasteiger partial charge in [-0.15, -0.1) is 0 Å². The summed E-state index contributed by atoms with van der Waals surface area (Å²) >= 11 is 6.14. The Morgan fingerprint density at radius 2 is 1.94 bits per heavy atom. The molecule has 0 spiro atoms. The fourth-order valence-electron chi connectivity index (χ4n) is 3.31. The molecule has 0 radical (unpaired) electrons. The fourth-order valence-corrected chi connectivity index (χ4v) is 4.69. The molecule has 0 fully saturated rings. The summed E-state index contributed by atoms with van der Waals surface area (Å²) in [5.74, 6) is 0.245. The lowest BCUT2D eigenvalue weighted by Gasteiger charge is -2.21. The molecule has 0 bridgehead atoms. The number of halogens is 1. The van der Waals surface area contributed by atoms with Gasteiger partial charge in [0.25, 0.3) is 10.0 Å². The highest BCUT2D eigenvalue weighted by Crippen LogP contribution is 2.32. The summed E-state index contributed by atoms with van der Waals surface area (Å²) in [6.45, 7) is 0.336. The maximum atomic E-state index is 12.9. The van der Waals surface area contributed by atoms with Gasteiger partial charge in [-0.3, -0.25) is 4.72 Å². The first kappa shape index (κ1) is 22.9. The third-order valence-corrected chi connectivity index (χ3v) is 6.42. The first-order valence-electron chi connectivity index (χ1n) is 9.82. The number of ether oxygens (including phenoxy) is 4. The quantitative estimate of drug-likeness (QED) is 0.492. The topological polar surface area (TPSA) is 100 Å². The second kappa shape index (κ2) is 9.70. The molecule has 1 heterocycles. The molecule has 0 unspecified atom stereocenters. The van der Waals surface area contributed by atoms with Crippen molar-refractivity contribution in [2.24, 2.45) is 0 Å². The predicted octanol–water partition coefficient (Wildman–Crippen LogP) is 4.37. The lowest BCUT2D eigenvalue weighted by Crippen LogP contribution is -2.15. The van der Waals surface area contributed by atoms with Gasteiger partial charge in [-0.1, -0.05) is 29.8 Å². The summed E-state index contributed by atoms with van der Waals surface area (Å²) in [5.41, 5.74) is 1.71. The molecular weight excluding hydrogens is 470 g/mol. The Labute approximate surface area is 196 Å². The molecule has 0 saturated carbocycles. The number of fused-ring (bicyclic) bond motifs is 1. The van der Waals surface area contributed by atoms with Gasteiger partial charge in [-0.25, -0.2) is 13.2 Å². The van der Waals surface area contributed by atoms with Gasteiger partial charge in [0.1, 0.15) is 18.1 Å². The molecule has 3 aromatic rings. The molecule has 10 heteroatoms. The van der Waals surface area contributed by atoms with Crippen LogP contribution in [-0.2, 0) is 32.7 Å². The highest BCUT2D eigenvalue weighted by atomic mass is 35.5. The van der Waals surface area contributed by atoms with E-state index in [1.165, 1.54) is 31.4 Å². The third kappa shape index (κ3) is 5.22. The third-order valence-electron chi connectivity index (χ3n) is 4.84. The Kier molecular flexibility index (Phi) is 6.73. The Morgan fingerprint density at radius 3 is 2.76 bits per heavy atom. The number of nitrogens with one attached hydrogen (secondary N) is 1. The van der Waals surface area contributed by atoms with Gasteiger partial charge in [-0.05, 0) is 42.5 Å². The maximum Gasteiger partial charge on any atom is 0.338 e. The van der Waals surface area contributed by atoms with Crippen LogP contribution in [0.2, 0.25) is 5.02 Å². The largest absolute Gasteiger partial charge is 0.495 e. The van der Waals surface area contributed by atoms with Gasteiger partial charge >= 0.3 is 5.97 Å². The highest BCUT2D eigenvalue weighted by Gasteiger charge is 2.20. The molecule has 1 N–H and O–H groups in total. The summed E-state index contributed by atoms with van der Waals surface area (Å²) in [4.78, 5) is 12.6. The minimum absolute atomic E-state index is 0.0815. The SMILES string of the molecule is COc1ccccc1NS(=O)(=O)c1cccc(C(=O)OCc2cc(Cl)cc3c2OCOC3)c1. The number of sulfonamides is 1. The number of methoxy groups -OCH3 is 1. The first-order valence-corrected chi connectivity index (χ1v) is 11.7. The van der Waals surface area contributed by atoms with E-state index in [2.05, 4.69) is 4.72 Å². The van der Waals surface area contributed by atoms with Crippen LogP contribution in [0.25, 0.3) is 0 Å². The predicted molar refractivity (Wildman–Crippen MR) is 121 cm³/mol. The summed E-state index contributed by atoms with van der Waals surface area (Å²) in [5, 5.41) is 0.462. The van der Waals surface area contributed by atoms with Crippen LogP contribution in [0.1, 0.15) is 21.5 Å². The molecule has 0 atom stereocenters. The van der Waals surface area contributed by atoms with Crippen LogP contribution in [-0.4, -0.2) is 28.3 Å². The average Bonchev–Trinajstić information content (AvgIpc) is 2.82. The number of carbonyl (C=O) groups excluding carboxylic acids is 1. The molecule has 0 aliphatic carbocycles. The van der Waals surface area contributed by atoms with E-state index >= 15 is 0 Å². The maximum absolute atomic E-state index is 12.9. The lowest BCUT2D eigenvalue weighted by molar-refractivity contribution is -0.0180. The number of benzene rings is 3. The summed E-state index contributed by atoms with van der Waals surface area (Å²) < 4.78 is 49.5. The van der Waals surface area contributed by atoms with Crippen molar-refractivity contribution < 1.29 is 32.2 Å². The number of carbonyl (C=O) groups is 1. The molecule has 1 aliphatic heterocycles. The first-order chi connectivity index (χ1) is 15.9. The zero-order chi connectivity index (χ0) is 23.4. The molecule has 0 amide bonds. The molecule has 33 heavy (non-hydrogen) atoms. The summed E-state index contributed by atoms with van der Waals surface area (Å²) in [6, 6.07) is 15.6. The number of hydrogen-bond acceptors (Lipinski definition) is 7. The van der Waals surface area contributed by atoms with E-state index in [0.29, 0.717) is 28.7 Å². The van der Waals surface area contributed by atoms with Crippen molar-refractivity contribution >= 4 is 33.3 Å². The second-order valence-corrected chi connectivity index (χ2v) is 9.19. The number of para-hydroxylation sites is 2. The van der Waals surface area contributed by atoms with Gasteiger partial charge in [0.2, 0.25) is 0 Å². The number of anilines is 1. The van der Waals surface area contributed by atoms with Crippen LogP contribution >= 0.6 is 11.6 Å². The van der Waals surface area contributed by atoms with E-state index in [1.54, 1.807) is 36.4 Å². The van der Waals surface area contributed by atoms with Gasteiger partial charge < -0.3 is 18.9 Å². The standard InChI is InChI=1S/C23H20ClNO7S/c1-29-21-8-3-2-7-20(21)25-33(27,28)19-6-4-5-15(11-19)23(26)31-13-17-10-18(24)9-16-12-30-14-32-22(16)17/h2-11,25H,12-14H2,1H3. The fraction of sp³-hybridized carbons (Fsp3) is 0.174. The van der Waals surface area contributed by atoms with E-state index in [1.807, 2.05) is 0 Å². The molecule has 4 rings (SSSR count). The van der Waals surface area contributed by atoms with Crippen molar-refractivity contribution in [3.05, 3.63) is 82.4 Å². The van der Waals surface area contributed by atoms with E-state index in [4.69, 9.17) is 30.5 Å². The molecule has 8 nitrogen and oxygen atoms in total. The smallest absolute Gasteiger partial charge is 0.338 e. The molecule has 1 aliphatic rings. The van der Waals surface area contributed by atoms with Gasteiger partial charge in [-0.2, -0.15) is 0 Å². The van der Waals surface area contributed by atoms with Crippen LogP contribution < -0.4 is 14.2 Å². The Bertz CT molecular complexity index is 1290. The lowest BCUT2D eigenvalue weighted by atomic mass is 10.1. The van der Waals surface area contributed by atoms with E-state index in [9.17, 15) is 13.2 Å². The monoisotopic (exact) mass is 489 g/mol. The van der Waals surface area contributed by atoms with Crippen LogP contribution in [0.15, 0.2) is 65.6 Å². The van der Waals surface area contributed by atoms with Crippen molar-refractivity contribution in [3.63, 3.8) is 0 Å². The van der Waals surface area contributed by atoms with Crippen molar-refractivity contribution in [1.82, 2.24) is 0 Å². The Morgan fingerprint density at radius 1 is 1.12 bits per heavy atom. The Hall–Kier alpha value is -3.27. The van der Waals surface area contributed by atoms with Gasteiger partial charge in [0.15, 0.2) is 6.79 Å². The van der Waals surface area contributed by atoms with Gasteiger partial charge in [0.05, 0.1) is 29.9 Å². The van der Waals surface area contributed by atoms with Crippen LogP contribution in [0, 0.1) is 0 Å². The number of rotatable bonds is 7. The molecular formula is C23H20ClNO7S. The molecule has 172 valence electrons. The minimum Gasteiger partial charge on any atom is -0.495 e. The van der Waals surface area contributed by atoms with E-state index in [-0.39, 0.29) is 29.5 Å². The van der Waals surface area contributed by atoms with Crippen molar-refractivity contribution in [2.75, 3.05) is 18.6 Å². The molecule has 3 aromatic carbocycles. The zero-order valence-electron chi connectivity index (χ0n) is 17.5. The summed E-state index contributed by atoms with van der Waals surface area (Å²) in [7, 11) is -2.53. The normalized spacial score (nSPS) is 12.9. The summed E-state index contributed by atoms with van der Waals surface area (Å²) in [6.07, 6.45) is 0.